The Morgan fingerprint density at radius 2 is 2.25 bits per heavy atom. The van der Waals surface area contributed by atoms with Crippen LogP contribution >= 0.6 is 15.9 Å². The molecule has 20 heavy (non-hydrogen) atoms. The van der Waals surface area contributed by atoms with Crippen molar-refractivity contribution >= 4 is 33.3 Å². The minimum atomic E-state index is -0.492. The van der Waals surface area contributed by atoms with Crippen molar-refractivity contribution in [2.24, 2.45) is 0 Å². The summed E-state index contributed by atoms with van der Waals surface area (Å²) in [6.45, 7) is 3.21. The summed E-state index contributed by atoms with van der Waals surface area (Å²) in [7, 11) is 1.78. The highest BCUT2D eigenvalue weighted by molar-refractivity contribution is 9.10. The third-order valence-corrected chi connectivity index (χ3v) is 3.97. The highest BCUT2D eigenvalue weighted by Crippen LogP contribution is 2.30. The largest absolute Gasteiger partial charge is 0.342 e. The molecular weight excluding hydrogens is 328 g/mol. The Balaban J connectivity index is 2.35. The number of pyridine rings is 1. The molecule has 7 nitrogen and oxygen atoms in total. The van der Waals surface area contributed by atoms with Gasteiger partial charge in [0.25, 0.3) is 5.69 Å². The number of hydrogen-bond donors (Lipinski definition) is 0. The third-order valence-electron chi connectivity index (χ3n) is 3.39. The van der Waals surface area contributed by atoms with Gasteiger partial charge < -0.3 is 9.80 Å². The SMILES string of the molecule is CCC1C(=O)N(C)CCN1c1ncc([N+](=O)[O-])cc1Br. The summed E-state index contributed by atoms with van der Waals surface area (Å²) in [5.74, 6) is 0.620. The van der Waals surface area contributed by atoms with Crippen molar-refractivity contribution in [3.63, 3.8) is 0 Å². The van der Waals surface area contributed by atoms with Crippen molar-refractivity contribution in [2.75, 3.05) is 25.0 Å². The van der Waals surface area contributed by atoms with Crippen LogP contribution in [0.4, 0.5) is 11.5 Å². The van der Waals surface area contributed by atoms with Crippen molar-refractivity contribution in [1.29, 1.82) is 0 Å². The van der Waals surface area contributed by atoms with Crippen LogP contribution in [0.15, 0.2) is 16.7 Å². The molecule has 0 bridgehead atoms. The quantitative estimate of drug-likeness (QED) is 0.618. The lowest BCUT2D eigenvalue weighted by Gasteiger charge is -2.39. The van der Waals surface area contributed by atoms with Gasteiger partial charge >= 0.3 is 0 Å². The fourth-order valence-corrected chi connectivity index (χ4v) is 2.86. The Bertz CT molecular complexity index is 552. The Labute approximate surface area is 124 Å². The van der Waals surface area contributed by atoms with Gasteiger partial charge in [0, 0.05) is 26.2 Å². The molecule has 0 radical (unpaired) electrons. The van der Waals surface area contributed by atoms with Gasteiger partial charge in [0.05, 0.1) is 9.40 Å². The third kappa shape index (κ3) is 2.60. The Morgan fingerprint density at radius 1 is 1.55 bits per heavy atom. The zero-order chi connectivity index (χ0) is 14.9. The number of anilines is 1. The van der Waals surface area contributed by atoms with E-state index in [0.29, 0.717) is 29.8 Å². The number of piperazine rings is 1. The summed E-state index contributed by atoms with van der Waals surface area (Å²) in [5.41, 5.74) is -0.0749. The molecule has 1 aliphatic rings. The minimum absolute atomic E-state index is 0.0470. The molecular formula is C12H15BrN4O3. The molecule has 2 heterocycles. The Hall–Kier alpha value is -1.70. The molecule has 1 fully saturated rings. The Kier molecular flexibility index (Phi) is 4.22. The predicted octanol–water partition coefficient (Wildman–Crippen LogP) is 1.81. The average molecular weight is 343 g/mol. The highest BCUT2D eigenvalue weighted by atomic mass is 79.9. The summed E-state index contributed by atoms with van der Waals surface area (Å²) in [6, 6.07) is 1.14. The first-order valence-corrected chi connectivity index (χ1v) is 7.06. The number of carbonyl (C=O) groups excluding carboxylic acids is 1. The molecule has 0 N–H and O–H groups in total. The van der Waals surface area contributed by atoms with Crippen LogP contribution in [-0.2, 0) is 4.79 Å². The van der Waals surface area contributed by atoms with Crippen LogP contribution in [0.25, 0.3) is 0 Å². The molecule has 108 valence electrons. The van der Waals surface area contributed by atoms with E-state index >= 15 is 0 Å². The summed E-state index contributed by atoms with van der Waals surface area (Å²) < 4.78 is 0.530. The molecule has 1 aromatic heterocycles. The number of nitro groups is 1. The van der Waals surface area contributed by atoms with E-state index in [1.807, 2.05) is 11.8 Å². The first-order valence-electron chi connectivity index (χ1n) is 6.27. The summed E-state index contributed by atoms with van der Waals surface area (Å²) in [5, 5.41) is 10.7. The lowest BCUT2D eigenvalue weighted by Crippen LogP contribution is -2.56. The number of carbonyl (C=O) groups is 1. The van der Waals surface area contributed by atoms with E-state index in [0.717, 1.165) is 0 Å². The van der Waals surface area contributed by atoms with E-state index in [1.165, 1.54) is 12.3 Å². The first-order chi connectivity index (χ1) is 9.45. The summed E-state index contributed by atoms with van der Waals surface area (Å²) in [4.78, 5) is 30.1. The number of amides is 1. The van der Waals surface area contributed by atoms with E-state index in [9.17, 15) is 14.9 Å². The fraction of sp³-hybridized carbons (Fsp3) is 0.500. The van der Waals surface area contributed by atoms with E-state index < -0.39 is 4.92 Å². The molecule has 0 saturated carbocycles. The Morgan fingerprint density at radius 3 is 2.80 bits per heavy atom. The van der Waals surface area contributed by atoms with Crippen LogP contribution in [0.5, 0.6) is 0 Å². The maximum atomic E-state index is 12.2. The van der Waals surface area contributed by atoms with Crippen LogP contribution in [-0.4, -0.2) is 46.9 Å². The molecule has 0 aliphatic carbocycles. The standard InChI is InChI=1S/C12H15BrN4O3/c1-3-10-12(18)15(2)4-5-16(10)11-9(13)6-8(7-14-11)17(19)20/h6-7,10H,3-5H2,1-2H3. The van der Waals surface area contributed by atoms with Gasteiger partial charge in [0.1, 0.15) is 18.1 Å². The average Bonchev–Trinajstić information content (AvgIpc) is 2.41. The molecule has 1 aliphatic heterocycles. The molecule has 0 aromatic carbocycles. The molecule has 1 amide bonds. The second-order valence-corrected chi connectivity index (χ2v) is 5.49. The van der Waals surface area contributed by atoms with Crippen molar-refractivity contribution in [1.82, 2.24) is 9.88 Å². The number of likely N-dealkylation sites (N-methyl/N-ethyl adjacent to an activating group) is 1. The van der Waals surface area contributed by atoms with E-state index in [4.69, 9.17) is 0 Å². The van der Waals surface area contributed by atoms with E-state index in [2.05, 4.69) is 20.9 Å². The van der Waals surface area contributed by atoms with Gasteiger partial charge in [-0.1, -0.05) is 6.92 Å². The number of aromatic nitrogens is 1. The van der Waals surface area contributed by atoms with Gasteiger partial charge in [-0.2, -0.15) is 0 Å². The first kappa shape index (κ1) is 14.7. The van der Waals surface area contributed by atoms with Crippen molar-refractivity contribution < 1.29 is 9.72 Å². The van der Waals surface area contributed by atoms with Crippen LogP contribution in [0.2, 0.25) is 0 Å². The molecule has 1 aromatic rings. The second-order valence-electron chi connectivity index (χ2n) is 4.63. The van der Waals surface area contributed by atoms with Crippen LogP contribution in [0.1, 0.15) is 13.3 Å². The predicted molar refractivity (Wildman–Crippen MR) is 77.7 cm³/mol. The lowest BCUT2D eigenvalue weighted by molar-refractivity contribution is -0.385. The van der Waals surface area contributed by atoms with Crippen molar-refractivity contribution in [2.45, 2.75) is 19.4 Å². The normalized spacial score (nSPS) is 19.4. The molecule has 1 atom stereocenters. The zero-order valence-corrected chi connectivity index (χ0v) is 12.8. The molecule has 1 saturated heterocycles. The number of rotatable bonds is 3. The van der Waals surface area contributed by atoms with Gasteiger partial charge in [-0.3, -0.25) is 14.9 Å². The maximum absolute atomic E-state index is 12.2. The highest BCUT2D eigenvalue weighted by Gasteiger charge is 2.33. The van der Waals surface area contributed by atoms with Crippen molar-refractivity contribution in [3.05, 3.63) is 26.9 Å². The molecule has 0 spiro atoms. The van der Waals surface area contributed by atoms with Gasteiger partial charge in [-0.05, 0) is 22.4 Å². The zero-order valence-electron chi connectivity index (χ0n) is 11.2. The lowest BCUT2D eigenvalue weighted by atomic mass is 10.1. The van der Waals surface area contributed by atoms with Crippen LogP contribution < -0.4 is 4.90 Å². The van der Waals surface area contributed by atoms with Gasteiger partial charge in [0.2, 0.25) is 5.91 Å². The van der Waals surface area contributed by atoms with E-state index in [1.54, 1.807) is 11.9 Å². The second kappa shape index (κ2) is 5.74. The van der Waals surface area contributed by atoms with Crippen molar-refractivity contribution in [3.8, 4) is 0 Å². The van der Waals surface area contributed by atoms with E-state index in [-0.39, 0.29) is 17.6 Å². The fourth-order valence-electron chi connectivity index (χ4n) is 2.29. The maximum Gasteiger partial charge on any atom is 0.288 e. The smallest absolute Gasteiger partial charge is 0.288 e. The van der Waals surface area contributed by atoms with Gasteiger partial charge in [-0.15, -0.1) is 0 Å². The topological polar surface area (TPSA) is 79.6 Å². The van der Waals surface area contributed by atoms with Gasteiger partial charge in [-0.25, -0.2) is 4.98 Å². The molecule has 1 unspecified atom stereocenters. The molecule has 2 rings (SSSR count). The minimum Gasteiger partial charge on any atom is -0.342 e. The number of halogens is 1. The van der Waals surface area contributed by atoms with Crippen LogP contribution in [0, 0.1) is 10.1 Å². The summed E-state index contributed by atoms with van der Waals surface area (Å²) in [6.07, 6.45) is 1.88. The monoisotopic (exact) mass is 342 g/mol. The van der Waals surface area contributed by atoms with Gasteiger partial charge in [0.15, 0.2) is 0 Å². The number of nitrogens with zero attached hydrogens (tertiary/aromatic N) is 4. The summed E-state index contributed by atoms with van der Waals surface area (Å²) >= 11 is 3.31. The number of hydrogen-bond acceptors (Lipinski definition) is 5. The molecule has 8 heteroatoms. The van der Waals surface area contributed by atoms with Crippen LogP contribution in [0.3, 0.4) is 0 Å².